The number of halogens is 2. The molecule has 22 heavy (non-hydrogen) atoms. The van der Waals surface area contributed by atoms with Gasteiger partial charge in [-0.15, -0.1) is 0 Å². The van der Waals surface area contributed by atoms with Gasteiger partial charge in [-0.2, -0.15) is 0 Å². The Balaban J connectivity index is 2.21. The highest BCUT2D eigenvalue weighted by Crippen LogP contribution is 2.27. The Bertz CT molecular complexity index is 695. The van der Waals surface area contributed by atoms with Crippen LogP contribution in [0, 0.1) is 6.92 Å². The minimum atomic E-state index is -0.212. The van der Waals surface area contributed by atoms with Crippen molar-refractivity contribution in [1.82, 2.24) is 10.5 Å². The molecule has 1 atom stereocenters. The smallest absolute Gasteiger partial charge is 0.257 e. The van der Waals surface area contributed by atoms with Crippen molar-refractivity contribution < 1.29 is 9.32 Å². The summed E-state index contributed by atoms with van der Waals surface area (Å²) in [4.78, 5) is 12.5. The fourth-order valence-corrected chi connectivity index (χ4v) is 2.50. The molecule has 1 unspecified atom stereocenters. The van der Waals surface area contributed by atoms with Crippen molar-refractivity contribution in [3.05, 3.63) is 50.8 Å². The largest absolute Gasteiger partial charge is 0.360 e. The summed E-state index contributed by atoms with van der Waals surface area (Å²) in [7, 11) is 0. The highest BCUT2D eigenvalue weighted by atomic mass is 35.5. The van der Waals surface area contributed by atoms with E-state index in [0.29, 0.717) is 27.1 Å². The number of aromatic nitrogens is 1. The van der Waals surface area contributed by atoms with E-state index in [1.807, 2.05) is 26.8 Å². The van der Waals surface area contributed by atoms with E-state index >= 15 is 0 Å². The van der Waals surface area contributed by atoms with Gasteiger partial charge in [-0.3, -0.25) is 4.79 Å². The average Bonchev–Trinajstić information content (AvgIpc) is 2.83. The highest BCUT2D eigenvalue weighted by molar-refractivity contribution is 6.42. The third kappa shape index (κ3) is 3.45. The molecule has 4 nitrogen and oxygen atoms in total. The van der Waals surface area contributed by atoms with E-state index < -0.39 is 0 Å². The molecule has 0 saturated carbocycles. The molecule has 2 rings (SSSR count). The second-order valence-corrected chi connectivity index (χ2v) is 6.35. The first-order chi connectivity index (χ1) is 10.3. The van der Waals surface area contributed by atoms with Crippen molar-refractivity contribution >= 4 is 29.1 Å². The van der Waals surface area contributed by atoms with Gasteiger partial charge in [0.25, 0.3) is 5.91 Å². The van der Waals surface area contributed by atoms with Gasteiger partial charge >= 0.3 is 0 Å². The molecule has 1 aromatic heterocycles. The quantitative estimate of drug-likeness (QED) is 0.860. The number of amides is 1. The van der Waals surface area contributed by atoms with Gasteiger partial charge in [0.1, 0.15) is 5.56 Å². The van der Waals surface area contributed by atoms with Crippen LogP contribution in [0.15, 0.2) is 22.7 Å². The van der Waals surface area contributed by atoms with Crippen LogP contribution in [-0.2, 0) is 0 Å². The summed E-state index contributed by atoms with van der Waals surface area (Å²) in [6, 6.07) is 5.09. The van der Waals surface area contributed by atoms with Crippen LogP contribution in [0.3, 0.4) is 0 Å². The summed E-state index contributed by atoms with van der Waals surface area (Å²) < 4.78 is 5.25. The van der Waals surface area contributed by atoms with Crippen molar-refractivity contribution in [1.29, 1.82) is 0 Å². The molecule has 0 aliphatic rings. The second kappa shape index (κ2) is 6.71. The lowest BCUT2D eigenvalue weighted by Gasteiger charge is -2.15. The molecule has 6 heteroatoms. The summed E-state index contributed by atoms with van der Waals surface area (Å²) in [6.45, 7) is 7.56. The number of hydrogen-bond donors (Lipinski definition) is 1. The molecule has 0 spiro atoms. The van der Waals surface area contributed by atoms with Gasteiger partial charge in [-0.25, -0.2) is 0 Å². The molecule has 2 aromatic rings. The van der Waals surface area contributed by atoms with Gasteiger partial charge in [0.2, 0.25) is 0 Å². The van der Waals surface area contributed by atoms with Crippen molar-refractivity contribution in [2.24, 2.45) is 0 Å². The lowest BCUT2D eigenvalue weighted by atomic mass is 10.0. The minimum absolute atomic E-state index is 0.0854. The van der Waals surface area contributed by atoms with Crippen LogP contribution in [0.5, 0.6) is 0 Å². The fourth-order valence-electron chi connectivity index (χ4n) is 2.19. The Labute approximate surface area is 139 Å². The number of benzene rings is 1. The number of nitrogens with zero attached hydrogens (tertiary/aromatic N) is 1. The van der Waals surface area contributed by atoms with Crippen molar-refractivity contribution in [2.45, 2.75) is 39.7 Å². The summed E-state index contributed by atoms with van der Waals surface area (Å²) in [5.41, 5.74) is 1.97. The Hall–Kier alpha value is -1.52. The molecule has 0 aliphatic carbocycles. The molecule has 1 amide bonds. The number of carbonyl (C=O) groups excluding carboxylic acids is 1. The fraction of sp³-hybridized carbons (Fsp3) is 0.375. The first-order valence-electron chi connectivity index (χ1n) is 7.03. The van der Waals surface area contributed by atoms with Gasteiger partial charge in [-0.05, 0) is 31.5 Å². The van der Waals surface area contributed by atoms with Crippen LogP contribution in [-0.4, -0.2) is 11.1 Å². The summed E-state index contributed by atoms with van der Waals surface area (Å²) in [6.07, 6.45) is 0. The van der Waals surface area contributed by atoms with E-state index in [1.54, 1.807) is 19.1 Å². The van der Waals surface area contributed by atoms with Crippen LogP contribution in [0.2, 0.25) is 10.0 Å². The zero-order chi connectivity index (χ0) is 16.4. The van der Waals surface area contributed by atoms with Crippen LogP contribution in [0.4, 0.5) is 0 Å². The third-order valence-electron chi connectivity index (χ3n) is 3.43. The maximum absolute atomic E-state index is 12.5. The molecule has 0 saturated heterocycles. The SMILES string of the molecule is Cc1noc(C(C)C)c1C(=O)NC(C)c1ccc(Cl)c(Cl)c1. The number of rotatable bonds is 4. The predicted octanol–water partition coefficient (Wildman–Crippen LogP) is 4.90. The monoisotopic (exact) mass is 340 g/mol. The Morgan fingerprint density at radius 1 is 1.23 bits per heavy atom. The van der Waals surface area contributed by atoms with Crippen molar-refractivity contribution in [3.63, 3.8) is 0 Å². The zero-order valence-electron chi connectivity index (χ0n) is 12.9. The first kappa shape index (κ1) is 16.8. The third-order valence-corrected chi connectivity index (χ3v) is 4.17. The van der Waals surface area contributed by atoms with Crippen molar-refractivity contribution in [2.75, 3.05) is 0 Å². The first-order valence-corrected chi connectivity index (χ1v) is 7.78. The number of hydrogen-bond acceptors (Lipinski definition) is 3. The number of nitrogens with one attached hydrogen (secondary N) is 1. The second-order valence-electron chi connectivity index (χ2n) is 5.53. The number of aryl methyl sites for hydroxylation is 1. The van der Waals surface area contributed by atoms with Crippen LogP contribution in [0.25, 0.3) is 0 Å². The molecule has 0 radical (unpaired) electrons. The average molecular weight is 341 g/mol. The van der Waals surface area contributed by atoms with Crippen LogP contribution >= 0.6 is 23.2 Å². The van der Waals surface area contributed by atoms with E-state index in [4.69, 9.17) is 27.7 Å². The zero-order valence-corrected chi connectivity index (χ0v) is 14.4. The minimum Gasteiger partial charge on any atom is -0.360 e. The molecule has 0 bridgehead atoms. The molecular weight excluding hydrogens is 323 g/mol. The Morgan fingerprint density at radius 3 is 2.50 bits per heavy atom. The summed E-state index contributed by atoms with van der Waals surface area (Å²) >= 11 is 11.9. The lowest BCUT2D eigenvalue weighted by Crippen LogP contribution is -2.27. The normalized spacial score (nSPS) is 12.5. The van der Waals surface area contributed by atoms with E-state index in [1.165, 1.54) is 0 Å². The molecule has 0 aliphatic heterocycles. The molecule has 0 fully saturated rings. The molecular formula is C16H18Cl2N2O2. The van der Waals surface area contributed by atoms with E-state index in [-0.39, 0.29) is 17.9 Å². The highest BCUT2D eigenvalue weighted by Gasteiger charge is 2.23. The van der Waals surface area contributed by atoms with Gasteiger partial charge in [-0.1, -0.05) is 48.3 Å². The summed E-state index contributed by atoms with van der Waals surface area (Å²) in [5, 5.41) is 7.78. The Kier molecular flexibility index (Phi) is 5.14. The van der Waals surface area contributed by atoms with E-state index in [9.17, 15) is 4.79 Å². The standard InChI is InChI=1S/C16H18Cl2N2O2/c1-8(2)15-14(10(4)20-22-15)16(21)19-9(3)11-5-6-12(17)13(18)7-11/h5-9H,1-4H3,(H,19,21). The lowest BCUT2D eigenvalue weighted by molar-refractivity contribution is 0.0937. The molecule has 1 heterocycles. The van der Waals surface area contributed by atoms with Crippen LogP contribution in [0.1, 0.15) is 60.1 Å². The number of carbonyl (C=O) groups is 1. The van der Waals surface area contributed by atoms with Gasteiger partial charge in [0, 0.05) is 5.92 Å². The summed E-state index contributed by atoms with van der Waals surface area (Å²) in [5.74, 6) is 0.472. The molecule has 1 N–H and O–H groups in total. The van der Waals surface area contributed by atoms with E-state index in [0.717, 1.165) is 5.56 Å². The topological polar surface area (TPSA) is 55.1 Å². The van der Waals surface area contributed by atoms with Crippen molar-refractivity contribution in [3.8, 4) is 0 Å². The van der Waals surface area contributed by atoms with Gasteiger partial charge in [0.15, 0.2) is 5.76 Å². The van der Waals surface area contributed by atoms with E-state index in [2.05, 4.69) is 10.5 Å². The molecule has 118 valence electrons. The maximum atomic E-state index is 12.5. The molecule has 1 aromatic carbocycles. The van der Waals surface area contributed by atoms with Crippen LogP contribution < -0.4 is 5.32 Å². The Morgan fingerprint density at radius 2 is 1.91 bits per heavy atom. The predicted molar refractivity (Wildman–Crippen MR) is 87.7 cm³/mol. The van der Waals surface area contributed by atoms with Gasteiger partial charge in [0.05, 0.1) is 21.8 Å². The maximum Gasteiger partial charge on any atom is 0.257 e. The van der Waals surface area contributed by atoms with Gasteiger partial charge < -0.3 is 9.84 Å².